The van der Waals surface area contributed by atoms with Crippen LogP contribution in [-0.2, 0) is 6.54 Å². The van der Waals surface area contributed by atoms with Crippen molar-refractivity contribution in [2.24, 2.45) is 0 Å². The summed E-state index contributed by atoms with van der Waals surface area (Å²) in [4.78, 5) is 6.38. The molecule has 1 rings (SSSR count). The van der Waals surface area contributed by atoms with Crippen molar-refractivity contribution in [3.05, 3.63) is 22.8 Å². The summed E-state index contributed by atoms with van der Waals surface area (Å²) in [5.41, 5.74) is 0.991. The normalized spacial score (nSPS) is 12.8. The molecule has 0 aliphatic heterocycles. The first-order valence-corrected chi connectivity index (χ1v) is 7.59. The highest BCUT2D eigenvalue weighted by molar-refractivity contribution is 6.31. The second kappa shape index (κ2) is 6.95. The van der Waals surface area contributed by atoms with Crippen molar-refractivity contribution in [2.45, 2.75) is 52.2 Å². The molecular weight excluding hydrogens is 286 g/mol. The summed E-state index contributed by atoms with van der Waals surface area (Å²) in [5, 5.41) is 4.08. The lowest BCUT2D eigenvalue weighted by Crippen LogP contribution is -2.43. The van der Waals surface area contributed by atoms with E-state index in [-0.39, 0.29) is 11.1 Å². The minimum atomic E-state index is -0.0505. The Morgan fingerprint density at radius 3 is 2.38 bits per heavy atom. The Hall–Kier alpha value is -0.840. The van der Waals surface area contributed by atoms with Crippen LogP contribution in [0.15, 0.2) is 12.3 Å². The zero-order chi connectivity index (χ0) is 16.3. The van der Waals surface area contributed by atoms with Gasteiger partial charge in [0.25, 0.3) is 0 Å². The van der Waals surface area contributed by atoms with Crippen molar-refractivity contribution in [2.75, 3.05) is 20.7 Å². The van der Waals surface area contributed by atoms with Gasteiger partial charge in [0.1, 0.15) is 6.61 Å². The maximum Gasteiger partial charge on any atom is 0.213 e. The second-order valence-electron chi connectivity index (χ2n) is 7.21. The summed E-state index contributed by atoms with van der Waals surface area (Å²) in [6.07, 6.45) is 1.65. The van der Waals surface area contributed by atoms with Gasteiger partial charge in [-0.15, -0.1) is 0 Å². The van der Waals surface area contributed by atoms with Crippen LogP contribution >= 0.6 is 11.6 Å². The summed E-state index contributed by atoms with van der Waals surface area (Å²) in [6, 6.07) is 1.91. The average molecular weight is 314 g/mol. The lowest BCUT2D eigenvalue weighted by Gasteiger charge is -2.32. The molecule has 0 aromatic carbocycles. The summed E-state index contributed by atoms with van der Waals surface area (Å²) >= 11 is 6.20. The molecule has 0 bridgehead atoms. The molecule has 0 aliphatic rings. The number of hydrogen-bond acceptors (Lipinski definition) is 4. The highest BCUT2D eigenvalue weighted by Crippen LogP contribution is 2.21. The van der Waals surface area contributed by atoms with Crippen molar-refractivity contribution in [3.8, 4) is 5.88 Å². The number of rotatable bonds is 6. The van der Waals surface area contributed by atoms with Crippen LogP contribution in [0.25, 0.3) is 0 Å². The fourth-order valence-electron chi connectivity index (χ4n) is 1.41. The average Bonchev–Trinajstić information content (AvgIpc) is 2.35. The number of likely N-dealkylation sites (N-methyl/N-ethyl adjacent to an activating group) is 1. The van der Waals surface area contributed by atoms with E-state index >= 15 is 0 Å². The molecular formula is C16H28ClN3O. The Morgan fingerprint density at radius 2 is 1.86 bits per heavy atom. The number of nitrogens with one attached hydrogen (secondary N) is 1. The number of halogens is 1. The van der Waals surface area contributed by atoms with E-state index in [1.165, 1.54) is 0 Å². The summed E-state index contributed by atoms with van der Waals surface area (Å²) < 4.78 is 5.82. The topological polar surface area (TPSA) is 37.4 Å². The Labute approximate surface area is 133 Å². The Kier molecular flexibility index (Phi) is 6.02. The largest absolute Gasteiger partial charge is 0.476 e. The highest BCUT2D eigenvalue weighted by atomic mass is 35.5. The maximum atomic E-state index is 6.20. The van der Waals surface area contributed by atoms with Crippen LogP contribution in [0.1, 0.15) is 40.2 Å². The molecule has 0 saturated carbocycles. The predicted molar refractivity (Wildman–Crippen MR) is 89.1 cm³/mol. The zero-order valence-electron chi connectivity index (χ0n) is 14.2. The monoisotopic (exact) mass is 313 g/mol. The van der Waals surface area contributed by atoms with Gasteiger partial charge in [0.15, 0.2) is 0 Å². The van der Waals surface area contributed by atoms with E-state index in [0.29, 0.717) is 24.1 Å². The van der Waals surface area contributed by atoms with E-state index < -0.39 is 0 Å². The van der Waals surface area contributed by atoms with Gasteiger partial charge < -0.3 is 15.0 Å². The molecule has 0 spiro atoms. The molecule has 0 radical (unpaired) electrons. The molecule has 1 N–H and O–H groups in total. The van der Waals surface area contributed by atoms with E-state index in [1.54, 1.807) is 6.20 Å². The first kappa shape index (κ1) is 18.2. The molecule has 0 aliphatic carbocycles. The molecule has 0 fully saturated rings. The standard InChI is InChI=1S/C16H28ClN3O/c1-15(2,3)19-9-12-8-14(18-10-13(12)17)21-11-16(4,5)20(6)7/h8,10,19H,9,11H2,1-7H3. The van der Waals surface area contributed by atoms with E-state index in [2.05, 4.69) is 49.8 Å². The first-order chi connectivity index (χ1) is 9.51. The zero-order valence-corrected chi connectivity index (χ0v) is 15.0. The van der Waals surface area contributed by atoms with E-state index in [0.717, 1.165) is 5.56 Å². The molecule has 1 heterocycles. The molecule has 120 valence electrons. The van der Waals surface area contributed by atoms with Crippen molar-refractivity contribution in [1.82, 2.24) is 15.2 Å². The minimum Gasteiger partial charge on any atom is -0.476 e. The van der Waals surface area contributed by atoms with Gasteiger partial charge in [-0.3, -0.25) is 0 Å². The van der Waals surface area contributed by atoms with Gasteiger partial charge in [-0.1, -0.05) is 11.6 Å². The van der Waals surface area contributed by atoms with Crippen LogP contribution in [0, 0.1) is 0 Å². The lowest BCUT2D eigenvalue weighted by molar-refractivity contribution is 0.111. The third kappa shape index (κ3) is 6.20. The van der Waals surface area contributed by atoms with Crippen LogP contribution in [-0.4, -0.2) is 41.7 Å². The van der Waals surface area contributed by atoms with Crippen molar-refractivity contribution < 1.29 is 4.74 Å². The van der Waals surface area contributed by atoms with E-state index in [1.807, 2.05) is 20.2 Å². The molecule has 21 heavy (non-hydrogen) atoms. The highest BCUT2D eigenvalue weighted by Gasteiger charge is 2.21. The Morgan fingerprint density at radius 1 is 1.24 bits per heavy atom. The molecule has 0 amide bonds. The third-order valence-corrected chi connectivity index (χ3v) is 3.84. The molecule has 0 saturated heterocycles. The summed E-state index contributed by atoms with van der Waals surface area (Å²) in [6.45, 7) is 11.9. The van der Waals surface area contributed by atoms with Crippen LogP contribution in [0.4, 0.5) is 0 Å². The van der Waals surface area contributed by atoms with Gasteiger partial charge in [-0.2, -0.15) is 0 Å². The Bertz CT molecular complexity index is 467. The second-order valence-corrected chi connectivity index (χ2v) is 7.62. The molecule has 4 nitrogen and oxygen atoms in total. The molecule has 1 aromatic heterocycles. The van der Waals surface area contributed by atoms with Crippen molar-refractivity contribution >= 4 is 11.6 Å². The van der Waals surface area contributed by atoms with Crippen LogP contribution in [0.3, 0.4) is 0 Å². The molecule has 0 unspecified atom stereocenters. The number of nitrogens with zero attached hydrogens (tertiary/aromatic N) is 2. The smallest absolute Gasteiger partial charge is 0.213 e. The van der Waals surface area contributed by atoms with E-state index in [9.17, 15) is 0 Å². The Balaban J connectivity index is 2.73. The molecule has 5 heteroatoms. The van der Waals surface area contributed by atoms with Crippen LogP contribution < -0.4 is 10.1 Å². The van der Waals surface area contributed by atoms with Gasteiger partial charge in [0.2, 0.25) is 5.88 Å². The predicted octanol–water partition coefficient (Wildman–Crippen LogP) is 3.34. The van der Waals surface area contributed by atoms with Gasteiger partial charge in [-0.25, -0.2) is 4.98 Å². The molecule has 1 aromatic rings. The van der Waals surface area contributed by atoms with E-state index in [4.69, 9.17) is 16.3 Å². The number of ether oxygens (including phenoxy) is 1. The minimum absolute atomic E-state index is 0.0422. The third-order valence-electron chi connectivity index (χ3n) is 3.50. The van der Waals surface area contributed by atoms with Crippen molar-refractivity contribution in [1.29, 1.82) is 0 Å². The number of pyridine rings is 1. The van der Waals surface area contributed by atoms with Gasteiger partial charge >= 0.3 is 0 Å². The van der Waals surface area contributed by atoms with Crippen LogP contribution in [0.5, 0.6) is 5.88 Å². The maximum absolute atomic E-state index is 6.20. The number of aromatic nitrogens is 1. The summed E-state index contributed by atoms with van der Waals surface area (Å²) in [5.74, 6) is 0.611. The number of hydrogen-bond donors (Lipinski definition) is 1. The first-order valence-electron chi connectivity index (χ1n) is 7.21. The quantitative estimate of drug-likeness (QED) is 0.874. The van der Waals surface area contributed by atoms with Crippen LogP contribution in [0.2, 0.25) is 5.02 Å². The lowest BCUT2D eigenvalue weighted by atomic mass is 10.1. The fourth-order valence-corrected chi connectivity index (χ4v) is 1.58. The van der Waals surface area contributed by atoms with Gasteiger partial charge in [0.05, 0.1) is 5.02 Å². The fraction of sp³-hybridized carbons (Fsp3) is 0.688. The van der Waals surface area contributed by atoms with Gasteiger partial charge in [-0.05, 0) is 54.3 Å². The van der Waals surface area contributed by atoms with Crippen molar-refractivity contribution in [3.63, 3.8) is 0 Å². The summed E-state index contributed by atoms with van der Waals surface area (Å²) in [7, 11) is 4.08. The SMILES string of the molecule is CN(C)C(C)(C)COc1cc(CNC(C)(C)C)c(Cl)cn1. The van der Waals surface area contributed by atoms with Gasteiger partial charge in [0, 0.05) is 29.9 Å². The molecule has 0 atom stereocenters.